The fourth-order valence-electron chi connectivity index (χ4n) is 3.87. The van der Waals surface area contributed by atoms with Gasteiger partial charge in [-0.25, -0.2) is 13.4 Å². The van der Waals surface area contributed by atoms with Gasteiger partial charge in [0.15, 0.2) is 5.13 Å². The quantitative estimate of drug-likeness (QED) is 0.598. The van der Waals surface area contributed by atoms with Crippen LogP contribution >= 0.6 is 22.9 Å². The summed E-state index contributed by atoms with van der Waals surface area (Å²) in [6.07, 6.45) is 1.02. The fourth-order valence-corrected chi connectivity index (χ4v) is 6.73. The SMILES string of the molecule is CC1CC(C)CN(S(=O)(=O)c2cccc(C(=O)Nc3nc4ccc(Cl)cc4s3)c2)C1. The highest BCUT2D eigenvalue weighted by atomic mass is 35.5. The van der Waals surface area contributed by atoms with Crippen molar-refractivity contribution in [3.63, 3.8) is 0 Å². The molecule has 1 amide bonds. The highest BCUT2D eigenvalue weighted by molar-refractivity contribution is 7.89. The highest BCUT2D eigenvalue weighted by Gasteiger charge is 2.32. The molecule has 2 atom stereocenters. The summed E-state index contributed by atoms with van der Waals surface area (Å²) in [5.41, 5.74) is 1.01. The number of carbonyl (C=O) groups is 1. The number of nitrogens with zero attached hydrogens (tertiary/aromatic N) is 2. The van der Waals surface area contributed by atoms with Gasteiger partial charge >= 0.3 is 0 Å². The lowest BCUT2D eigenvalue weighted by molar-refractivity contribution is 0.102. The summed E-state index contributed by atoms with van der Waals surface area (Å²) >= 11 is 7.32. The molecule has 2 unspecified atom stereocenters. The van der Waals surface area contributed by atoms with E-state index in [-0.39, 0.29) is 10.5 Å². The van der Waals surface area contributed by atoms with Crippen LogP contribution in [0.1, 0.15) is 30.6 Å². The third-order valence-corrected chi connectivity index (χ3v) is 8.14. The maximum atomic E-state index is 13.1. The number of fused-ring (bicyclic) bond motifs is 1. The van der Waals surface area contributed by atoms with Crippen molar-refractivity contribution in [1.82, 2.24) is 9.29 Å². The second-order valence-electron chi connectivity index (χ2n) is 7.88. The van der Waals surface area contributed by atoms with Crippen LogP contribution in [0.5, 0.6) is 0 Å². The molecule has 6 nitrogen and oxygen atoms in total. The molecule has 1 aromatic heterocycles. The molecule has 0 saturated carbocycles. The van der Waals surface area contributed by atoms with Crippen molar-refractivity contribution in [3.8, 4) is 0 Å². The Labute approximate surface area is 184 Å². The van der Waals surface area contributed by atoms with Gasteiger partial charge in [-0.3, -0.25) is 10.1 Å². The average molecular weight is 464 g/mol. The molecular formula is C21H22ClN3O3S2. The molecule has 30 heavy (non-hydrogen) atoms. The lowest BCUT2D eigenvalue weighted by atomic mass is 9.94. The first kappa shape index (κ1) is 21.2. The third kappa shape index (κ3) is 4.37. The molecule has 3 aromatic rings. The Balaban J connectivity index is 1.56. The van der Waals surface area contributed by atoms with Crippen LogP contribution in [0.25, 0.3) is 10.2 Å². The van der Waals surface area contributed by atoms with E-state index in [1.54, 1.807) is 30.3 Å². The van der Waals surface area contributed by atoms with Crippen molar-refractivity contribution in [2.24, 2.45) is 11.8 Å². The number of halogens is 1. The number of rotatable bonds is 4. The van der Waals surface area contributed by atoms with Crippen LogP contribution in [0.2, 0.25) is 5.02 Å². The number of amides is 1. The molecule has 0 aliphatic carbocycles. The molecule has 1 aliphatic heterocycles. The highest BCUT2D eigenvalue weighted by Crippen LogP contribution is 2.29. The number of hydrogen-bond donors (Lipinski definition) is 1. The van der Waals surface area contributed by atoms with E-state index in [1.165, 1.54) is 27.8 Å². The van der Waals surface area contributed by atoms with Gasteiger partial charge < -0.3 is 0 Å². The molecule has 2 heterocycles. The molecule has 9 heteroatoms. The largest absolute Gasteiger partial charge is 0.298 e. The van der Waals surface area contributed by atoms with Crippen LogP contribution < -0.4 is 5.32 Å². The van der Waals surface area contributed by atoms with Gasteiger partial charge in [-0.1, -0.05) is 42.9 Å². The Morgan fingerprint density at radius 1 is 1.17 bits per heavy atom. The fraction of sp³-hybridized carbons (Fsp3) is 0.333. The van der Waals surface area contributed by atoms with Gasteiger partial charge in [0.2, 0.25) is 10.0 Å². The van der Waals surface area contributed by atoms with Crippen LogP contribution in [-0.2, 0) is 10.0 Å². The van der Waals surface area contributed by atoms with Gasteiger partial charge in [0.25, 0.3) is 5.91 Å². The van der Waals surface area contributed by atoms with Crippen LogP contribution in [0.3, 0.4) is 0 Å². The minimum absolute atomic E-state index is 0.132. The molecule has 158 valence electrons. The number of nitrogens with one attached hydrogen (secondary N) is 1. The monoisotopic (exact) mass is 463 g/mol. The summed E-state index contributed by atoms with van der Waals surface area (Å²) in [5.74, 6) is 0.211. The molecular weight excluding hydrogens is 442 g/mol. The van der Waals surface area contributed by atoms with Crippen molar-refractivity contribution >= 4 is 54.2 Å². The smallest absolute Gasteiger partial charge is 0.257 e. The number of carbonyl (C=O) groups excluding carboxylic acids is 1. The Hall–Kier alpha value is -2.00. The molecule has 1 N–H and O–H groups in total. The number of sulfonamides is 1. The molecule has 0 bridgehead atoms. The Bertz CT molecular complexity index is 1200. The predicted octanol–water partition coefficient (Wildman–Crippen LogP) is 4.87. The van der Waals surface area contributed by atoms with Crippen LogP contribution in [0.4, 0.5) is 5.13 Å². The summed E-state index contributed by atoms with van der Waals surface area (Å²) in [7, 11) is -3.66. The normalized spacial score (nSPS) is 20.4. The van der Waals surface area contributed by atoms with E-state index >= 15 is 0 Å². The molecule has 0 spiro atoms. The lowest BCUT2D eigenvalue weighted by Crippen LogP contribution is -2.42. The van der Waals surface area contributed by atoms with Crippen molar-refractivity contribution in [1.29, 1.82) is 0 Å². The maximum Gasteiger partial charge on any atom is 0.257 e. The van der Waals surface area contributed by atoms with Crippen LogP contribution in [0.15, 0.2) is 47.4 Å². The van der Waals surface area contributed by atoms with E-state index in [0.717, 1.165) is 16.6 Å². The number of benzene rings is 2. The molecule has 0 radical (unpaired) electrons. The van der Waals surface area contributed by atoms with Gasteiger partial charge in [0, 0.05) is 23.7 Å². The van der Waals surface area contributed by atoms with Gasteiger partial charge in [-0.05, 0) is 54.7 Å². The van der Waals surface area contributed by atoms with Crippen molar-refractivity contribution in [2.45, 2.75) is 25.2 Å². The first-order valence-corrected chi connectivity index (χ1v) is 12.3. The van der Waals surface area contributed by atoms with Crippen LogP contribution in [-0.4, -0.2) is 36.7 Å². The summed E-state index contributed by atoms with van der Waals surface area (Å²) in [6, 6.07) is 11.5. The van der Waals surface area contributed by atoms with Gasteiger partial charge in [0.1, 0.15) is 0 Å². The lowest BCUT2D eigenvalue weighted by Gasteiger charge is -2.34. The van der Waals surface area contributed by atoms with E-state index in [4.69, 9.17) is 11.6 Å². The standard InChI is InChI=1S/C21H22ClN3O3S2/c1-13-8-14(2)12-25(11-13)30(27,28)17-5-3-4-15(9-17)20(26)24-21-23-18-7-6-16(22)10-19(18)29-21/h3-7,9-10,13-14H,8,11-12H2,1-2H3,(H,23,24,26). The van der Waals surface area contributed by atoms with E-state index in [1.807, 2.05) is 0 Å². The Morgan fingerprint density at radius 3 is 2.63 bits per heavy atom. The van der Waals surface area contributed by atoms with Gasteiger partial charge in [-0.15, -0.1) is 0 Å². The third-order valence-electron chi connectivity index (χ3n) is 5.14. The number of anilines is 1. The summed E-state index contributed by atoms with van der Waals surface area (Å²) in [6.45, 7) is 5.12. The van der Waals surface area contributed by atoms with Gasteiger partial charge in [-0.2, -0.15) is 4.31 Å². The molecule has 1 fully saturated rings. The van der Waals surface area contributed by atoms with Crippen molar-refractivity contribution in [2.75, 3.05) is 18.4 Å². The second-order valence-corrected chi connectivity index (χ2v) is 11.3. The zero-order valence-electron chi connectivity index (χ0n) is 16.6. The topological polar surface area (TPSA) is 79.4 Å². The number of thiazole rings is 1. The molecule has 1 saturated heterocycles. The maximum absolute atomic E-state index is 13.1. The zero-order chi connectivity index (χ0) is 21.5. The molecule has 4 rings (SSSR count). The number of piperidine rings is 1. The average Bonchev–Trinajstić information content (AvgIpc) is 3.08. The predicted molar refractivity (Wildman–Crippen MR) is 121 cm³/mol. The van der Waals surface area contributed by atoms with Gasteiger partial charge in [0.05, 0.1) is 15.1 Å². The first-order chi connectivity index (χ1) is 14.2. The van der Waals surface area contributed by atoms with E-state index < -0.39 is 15.9 Å². The number of hydrogen-bond acceptors (Lipinski definition) is 5. The van der Waals surface area contributed by atoms with Crippen molar-refractivity contribution in [3.05, 3.63) is 53.1 Å². The van der Waals surface area contributed by atoms with E-state index in [2.05, 4.69) is 24.1 Å². The molecule has 2 aromatic carbocycles. The second kappa shape index (κ2) is 8.26. The zero-order valence-corrected chi connectivity index (χ0v) is 19.0. The van der Waals surface area contributed by atoms with E-state index in [9.17, 15) is 13.2 Å². The molecule has 1 aliphatic rings. The van der Waals surface area contributed by atoms with E-state index in [0.29, 0.717) is 35.1 Å². The van der Waals surface area contributed by atoms with Crippen LogP contribution in [0, 0.1) is 11.8 Å². The summed E-state index contributed by atoms with van der Waals surface area (Å²) < 4.78 is 28.7. The minimum atomic E-state index is -3.66. The van der Waals surface area contributed by atoms with Crippen molar-refractivity contribution < 1.29 is 13.2 Å². The number of aromatic nitrogens is 1. The Morgan fingerprint density at radius 2 is 1.90 bits per heavy atom. The summed E-state index contributed by atoms with van der Waals surface area (Å²) in [5, 5.41) is 3.79. The Kier molecular flexibility index (Phi) is 5.85. The first-order valence-electron chi connectivity index (χ1n) is 9.70. The summed E-state index contributed by atoms with van der Waals surface area (Å²) in [4.78, 5) is 17.3. The minimum Gasteiger partial charge on any atom is -0.298 e.